The molecule has 2 amide bonds. The van der Waals surface area contributed by atoms with Crippen LogP contribution in [0.1, 0.15) is 29.7 Å². The normalized spacial score (nSPS) is 34.1. The Kier molecular flexibility index (Phi) is 4.70. The van der Waals surface area contributed by atoms with Gasteiger partial charge in [0, 0.05) is 16.0 Å². The van der Waals surface area contributed by atoms with Gasteiger partial charge in [-0.25, -0.2) is 4.79 Å². The van der Waals surface area contributed by atoms with Crippen molar-refractivity contribution >= 4 is 40.9 Å². The molecule has 3 heterocycles. The van der Waals surface area contributed by atoms with E-state index in [1.54, 1.807) is 23.9 Å². The standard InChI is InChI=1S/C23H22N2O7S2/c1-7(22(29)30)25-20(27)15-9-6-10(16(15)21(25)28)17-14(9)13(18-19(33-17)24-23(31)34-18)8-3-4-11(26)12(5-8)32-2/h3-5,7,9-10,13-17,26H,6H2,1-2H3,(H,24,31)(H,29,30). The third-order valence-electron chi connectivity index (χ3n) is 8.07. The zero-order chi connectivity index (χ0) is 24.0. The summed E-state index contributed by atoms with van der Waals surface area (Å²) in [5.74, 6) is -3.10. The number of aromatic amines is 1. The highest BCUT2D eigenvalue weighted by atomic mass is 32.2. The van der Waals surface area contributed by atoms with Crippen molar-refractivity contribution in [3.8, 4) is 11.5 Å². The Bertz CT molecular complexity index is 1300. The number of fused-ring (bicyclic) bond motifs is 9. The molecule has 4 aliphatic rings. The molecule has 0 spiro atoms. The van der Waals surface area contributed by atoms with Gasteiger partial charge in [-0.15, -0.1) is 11.8 Å². The van der Waals surface area contributed by atoms with Gasteiger partial charge in [0.25, 0.3) is 0 Å². The van der Waals surface area contributed by atoms with Crippen LogP contribution in [0.2, 0.25) is 0 Å². The van der Waals surface area contributed by atoms with Gasteiger partial charge in [-0.05, 0) is 48.8 Å². The molecule has 2 bridgehead atoms. The number of aliphatic carboxylic acids is 1. The number of H-pyrrole nitrogens is 1. The number of nitrogens with one attached hydrogen (secondary N) is 1. The molecule has 8 unspecified atom stereocenters. The Morgan fingerprint density at radius 2 is 1.91 bits per heavy atom. The van der Waals surface area contributed by atoms with Crippen LogP contribution >= 0.6 is 23.1 Å². The fourth-order valence-electron chi connectivity index (χ4n) is 6.79. The number of aromatic nitrogens is 1. The van der Waals surface area contributed by atoms with Gasteiger partial charge in [0.1, 0.15) is 6.04 Å². The number of carboxylic acid groups (broad SMARTS) is 1. The molecule has 2 aliphatic carbocycles. The zero-order valence-corrected chi connectivity index (χ0v) is 19.9. The Balaban J connectivity index is 1.46. The maximum Gasteiger partial charge on any atom is 0.326 e. The number of phenolic OH excluding ortho intramolecular Hbond substituents is 1. The highest BCUT2D eigenvalue weighted by Crippen LogP contribution is 2.68. The van der Waals surface area contributed by atoms with Gasteiger partial charge in [-0.3, -0.25) is 19.3 Å². The highest BCUT2D eigenvalue weighted by Gasteiger charge is 2.70. The van der Waals surface area contributed by atoms with E-state index in [0.29, 0.717) is 5.75 Å². The minimum absolute atomic E-state index is 0.00521. The highest BCUT2D eigenvalue weighted by molar-refractivity contribution is 8.00. The largest absolute Gasteiger partial charge is 0.504 e. The third kappa shape index (κ3) is 2.73. The van der Waals surface area contributed by atoms with Crippen LogP contribution in [0, 0.1) is 29.6 Å². The number of amides is 2. The molecule has 2 aliphatic heterocycles. The first-order chi connectivity index (χ1) is 16.2. The SMILES string of the molecule is COc1cc(C2c3sc(=O)[nH]c3SC3C4CC(C5C(=O)N(C(C)C(=O)O)C(=O)C45)C23)ccc1O. The van der Waals surface area contributed by atoms with E-state index in [4.69, 9.17) is 4.74 Å². The molecule has 2 aromatic rings. The first-order valence-corrected chi connectivity index (χ1v) is 12.8. The number of likely N-dealkylation sites (tertiary alicyclic amines) is 1. The summed E-state index contributed by atoms with van der Waals surface area (Å²) >= 11 is 2.71. The van der Waals surface area contributed by atoms with Crippen molar-refractivity contribution < 1.29 is 29.3 Å². The number of carbonyl (C=O) groups excluding carboxylic acids is 2. The summed E-state index contributed by atoms with van der Waals surface area (Å²) in [6, 6.07) is 3.95. The first-order valence-electron chi connectivity index (χ1n) is 11.1. The molecule has 34 heavy (non-hydrogen) atoms. The van der Waals surface area contributed by atoms with Crippen molar-refractivity contribution in [1.82, 2.24) is 9.88 Å². The van der Waals surface area contributed by atoms with E-state index in [1.807, 2.05) is 6.07 Å². The number of aromatic hydroxyl groups is 1. The van der Waals surface area contributed by atoms with Crippen molar-refractivity contribution in [1.29, 1.82) is 0 Å². The molecule has 1 aromatic heterocycles. The third-order valence-corrected chi connectivity index (χ3v) is 10.7. The fourth-order valence-corrected chi connectivity index (χ4v) is 9.68. The summed E-state index contributed by atoms with van der Waals surface area (Å²) in [5, 5.41) is 20.4. The minimum Gasteiger partial charge on any atom is -0.504 e. The minimum atomic E-state index is -1.20. The molecular formula is C23H22N2O7S2. The summed E-state index contributed by atoms with van der Waals surface area (Å²) in [7, 11) is 1.47. The van der Waals surface area contributed by atoms with Crippen molar-refractivity contribution in [2.24, 2.45) is 29.6 Å². The number of phenols is 1. The topological polar surface area (TPSA) is 137 Å². The lowest BCUT2D eigenvalue weighted by molar-refractivity contribution is -0.154. The molecule has 11 heteroatoms. The average Bonchev–Trinajstić information content (AvgIpc) is 3.52. The number of thiazole rings is 1. The number of hydrogen-bond donors (Lipinski definition) is 3. The molecule has 8 atom stereocenters. The Labute approximate surface area is 202 Å². The van der Waals surface area contributed by atoms with Crippen LogP contribution < -0.4 is 9.61 Å². The molecule has 1 saturated heterocycles. The molecule has 2 saturated carbocycles. The first kappa shape index (κ1) is 21.7. The molecule has 178 valence electrons. The number of carboxylic acids is 1. The van der Waals surface area contributed by atoms with Gasteiger partial charge in [0.2, 0.25) is 11.8 Å². The predicted molar refractivity (Wildman–Crippen MR) is 122 cm³/mol. The number of nitrogens with zero attached hydrogens (tertiary/aromatic N) is 1. The van der Waals surface area contributed by atoms with Gasteiger partial charge >= 0.3 is 10.8 Å². The molecule has 1 aromatic carbocycles. The van der Waals surface area contributed by atoms with E-state index in [2.05, 4.69) is 4.98 Å². The van der Waals surface area contributed by atoms with E-state index in [9.17, 15) is 29.4 Å². The van der Waals surface area contributed by atoms with Crippen LogP contribution in [-0.2, 0) is 14.4 Å². The number of methoxy groups -OCH3 is 1. The number of carbonyl (C=O) groups is 3. The Morgan fingerprint density at radius 1 is 1.21 bits per heavy atom. The Hall–Kier alpha value is -2.79. The van der Waals surface area contributed by atoms with Crippen LogP contribution in [0.3, 0.4) is 0 Å². The molecule has 3 N–H and O–H groups in total. The summed E-state index contributed by atoms with van der Waals surface area (Å²) in [4.78, 5) is 55.1. The van der Waals surface area contributed by atoms with E-state index < -0.39 is 29.8 Å². The number of thioether (sulfide) groups is 1. The summed E-state index contributed by atoms with van der Waals surface area (Å²) in [6.07, 6.45) is 0.718. The summed E-state index contributed by atoms with van der Waals surface area (Å²) in [6.45, 7) is 1.37. The van der Waals surface area contributed by atoms with Crippen molar-refractivity contribution in [2.75, 3.05) is 7.11 Å². The van der Waals surface area contributed by atoms with E-state index >= 15 is 0 Å². The van der Waals surface area contributed by atoms with E-state index in [0.717, 1.165) is 38.1 Å². The predicted octanol–water partition coefficient (Wildman–Crippen LogP) is 2.10. The molecule has 0 radical (unpaired) electrons. The van der Waals surface area contributed by atoms with E-state index in [1.165, 1.54) is 14.0 Å². The van der Waals surface area contributed by atoms with Gasteiger partial charge in [0.15, 0.2) is 11.5 Å². The van der Waals surface area contributed by atoms with Gasteiger partial charge in [-0.1, -0.05) is 17.4 Å². The van der Waals surface area contributed by atoms with Crippen LogP contribution in [0.25, 0.3) is 0 Å². The number of imide groups is 1. The quantitative estimate of drug-likeness (QED) is 0.541. The number of benzene rings is 1. The number of ether oxygens (including phenoxy) is 1. The second-order valence-corrected chi connectivity index (χ2v) is 11.7. The second kappa shape index (κ2) is 7.35. The smallest absolute Gasteiger partial charge is 0.326 e. The lowest BCUT2D eigenvalue weighted by Gasteiger charge is -2.43. The fraction of sp³-hybridized carbons (Fsp3) is 0.478. The molecule has 3 fully saturated rings. The lowest BCUT2D eigenvalue weighted by atomic mass is 9.68. The van der Waals surface area contributed by atoms with Crippen LogP contribution in [0.15, 0.2) is 28.0 Å². The van der Waals surface area contributed by atoms with Crippen molar-refractivity contribution in [3.63, 3.8) is 0 Å². The lowest BCUT2D eigenvalue weighted by Crippen LogP contribution is -2.44. The number of rotatable bonds is 4. The van der Waals surface area contributed by atoms with E-state index in [-0.39, 0.29) is 45.5 Å². The van der Waals surface area contributed by atoms with Gasteiger partial charge < -0.3 is 19.9 Å². The monoisotopic (exact) mass is 502 g/mol. The maximum absolute atomic E-state index is 13.4. The van der Waals surface area contributed by atoms with Gasteiger partial charge in [-0.2, -0.15) is 0 Å². The van der Waals surface area contributed by atoms with Crippen LogP contribution in [0.4, 0.5) is 0 Å². The molecular weight excluding hydrogens is 480 g/mol. The molecule has 9 nitrogen and oxygen atoms in total. The molecule has 6 rings (SSSR count). The second-order valence-electron chi connectivity index (χ2n) is 9.45. The number of hydrogen-bond acceptors (Lipinski definition) is 8. The summed E-state index contributed by atoms with van der Waals surface area (Å²) < 4.78 is 5.32. The van der Waals surface area contributed by atoms with Crippen LogP contribution in [0.5, 0.6) is 11.5 Å². The van der Waals surface area contributed by atoms with Crippen LogP contribution in [-0.4, -0.2) is 56.3 Å². The average molecular weight is 503 g/mol. The van der Waals surface area contributed by atoms with Crippen molar-refractivity contribution in [2.45, 2.75) is 35.6 Å². The summed E-state index contributed by atoms with van der Waals surface area (Å²) in [5.41, 5.74) is 0.873. The van der Waals surface area contributed by atoms with Gasteiger partial charge in [0.05, 0.1) is 24.0 Å². The zero-order valence-electron chi connectivity index (χ0n) is 18.3. The maximum atomic E-state index is 13.4. The van der Waals surface area contributed by atoms with Crippen molar-refractivity contribution in [3.05, 3.63) is 38.3 Å². The Morgan fingerprint density at radius 3 is 2.59 bits per heavy atom.